The third kappa shape index (κ3) is 6.15. The Labute approximate surface area is 249 Å². The zero-order valence-corrected chi connectivity index (χ0v) is 25.4. The number of hydrogen-bond donors (Lipinski definition) is 0. The maximum atomic E-state index is 13.6. The first-order valence-electron chi connectivity index (χ1n) is 12.4. The van der Waals surface area contributed by atoms with Gasteiger partial charge in [-0.1, -0.05) is 85.3 Å². The van der Waals surface area contributed by atoms with Gasteiger partial charge < -0.3 is 4.74 Å². The molecule has 0 bridgehead atoms. The Hall–Kier alpha value is -2.89. The van der Waals surface area contributed by atoms with Gasteiger partial charge in [-0.2, -0.15) is 9.78 Å². The molecule has 0 aliphatic heterocycles. The van der Waals surface area contributed by atoms with E-state index in [9.17, 15) is 14.9 Å². The standard InChI is InChI=1S/C28H23Br3N4O4/c29-20-11-10-18(23(31)13-20)16-39-26-19(12-21(30)14-25(26)35(37)38)15-32-34-27(17-6-2-1-3-7-17)33-24-9-5-4-8-22(24)28(34)36/h4-5,8-15,17H,1-3,6-7,16H2. The first-order valence-corrected chi connectivity index (χ1v) is 14.8. The van der Waals surface area contributed by atoms with Crippen LogP contribution in [0.5, 0.6) is 5.75 Å². The van der Waals surface area contributed by atoms with Gasteiger partial charge in [0.25, 0.3) is 5.56 Å². The number of hydrogen-bond acceptors (Lipinski definition) is 6. The summed E-state index contributed by atoms with van der Waals surface area (Å²) in [6, 6.07) is 15.9. The van der Waals surface area contributed by atoms with Crippen molar-refractivity contribution in [3.05, 3.63) is 105 Å². The van der Waals surface area contributed by atoms with E-state index in [1.165, 1.54) is 17.0 Å². The molecule has 0 amide bonds. The maximum absolute atomic E-state index is 13.6. The van der Waals surface area contributed by atoms with Crippen LogP contribution < -0.4 is 10.3 Å². The van der Waals surface area contributed by atoms with Gasteiger partial charge in [0.05, 0.1) is 22.0 Å². The van der Waals surface area contributed by atoms with Crippen molar-refractivity contribution < 1.29 is 9.66 Å². The number of ether oxygens (including phenoxy) is 1. The Morgan fingerprint density at radius 1 is 1.05 bits per heavy atom. The number of nitrogens with zero attached hydrogens (tertiary/aromatic N) is 4. The van der Waals surface area contributed by atoms with Gasteiger partial charge in [-0.25, -0.2) is 4.98 Å². The lowest BCUT2D eigenvalue weighted by Gasteiger charge is -2.22. The number of para-hydroxylation sites is 1. The van der Waals surface area contributed by atoms with Gasteiger partial charge in [0.15, 0.2) is 0 Å². The highest BCUT2D eigenvalue weighted by molar-refractivity contribution is 9.11. The van der Waals surface area contributed by atoms with Gasteiger partial charge in [-0.3, -0.25) is 14.9 Å². The van der Waals surface area contributed by atoms with Crippen LogP contribution in [-0.2, 0) is 6.61 Å². The van der Waals surface area contributed by atoms with Crippen molar-refractivity contribution in [3.63, 3.8) is 0 Å². The van der Waals surface area contributed by atoms with Crippen LogP contribution in [0, 0.1) is 10.1 Å². The minimum Gasteiger partial charge on any atom is -0.481 e. The molecule has 0 N–H and O–H groups in total. The molecular formula is C28H23Br3N4O4. The molecule has 1 aliphatic carbocycles. The summed E-state index contributed by atoms with van der Waals surface area (Å²) in [5, 5.41) is 17.0. The molecule has 4 aromatic rings. The highest BCUT2D eigenvalue weighted by Crippen LogP contribution is 2.36. The second kappa shape index (κ2) is 12.1. The normalized spacial score (nSPS) is 14.2. The Morgan fingerprint density at radius 3 is 2.56 bits per heavy atom. The van der Waals surface area contributed by atoms with E-state index in [1.807, 2.05) is 30.3 Å². The first-order chi connectivity index (χ1) is 18.8. The first kappa shape index (κ1) is 27.7. The molecule has 0 atom stereocenters. The van der Waals surface area contributed by atoms with E-state index in [-0.39, 0.29) is 29.5 Å². The largest absolute Gasteiger partial charge is 0.481 e. The number of benzene rings is 3. The third-order valence-corrected chi connectivity index (χ3v) is 8.40. The van der Waals surface area contributed by atoms with Crippen LogP contribution in [0.4, 0.5) is 5.69 Å². The molecule has 39 heavy (non-hydrogen) atoms. The van der Waals surface area contributed by atoms with Crippen molar-refractivity contribution in [1.29, 1.82) is 0 Å². The molecule has 200 valence electrons. The predicted octanol–water partition coefficient (Wildman–Crippen LogP) is 8.10. The molecule has 1 heterocycles. The van der Waals surface area contributed by atoms with Crippen molar-refractivity contribution in [1.82, 2.24) is 9.66 Å². The molecule has 1 saturated carbocycles. The Bertz CT molecular complexity index is 1650. The zero-order valence-electron chi connectivity index (χ0n) is 20.6. The van der Waals surface area contributed by atoms with E-state index in [1.54, 1.807) is 18.2 Å². The van der Waals surface area contributed by atoms with Crippen molar-refractivity contribution in [2.24, 2.45) is 5.10 Å². The van der Waals surface area contributed by atoms with Gasteiger partial charge >= 0.3 is 5.69 Å². The number of aromatic nitrogens is 2. The van der Waals surface area contributed by atoms with Crippen LogP contribution in [0.3, 0.4) is 0 Å². The van der Waals surface area contributed by atoms with Crippen LogP contribution in [0.25, 0.3) is 10.9 Å². The molecule has 5 rings (SSSR count). The smallest absolute Gasteiger partial charge is 0.312 e. The van der Waals surface area contributed by atoms with Gasteiger partial charge in [0.2, 0.25) is 5.75 Å². The molecule has 1 aromatic heterocycles. The summed E-state index contributed by atoms with van der Waals surface area (Å²) >= 11 is 10.3. The highest BCUT2D eigenvalue weighted by atomic mass is 79.9. The fraction of sp³-hybridized carbons (Fsp3) is 0.250. The van der Waals surface area contributed by atoms with Gasteiger partial charge in [0.1, 0.15) is 12.4 Å². The average Bonchev–Trinajstić information content (AvgIpc) is 2.93. The summed E-state index contributed by atoms with van der Waals surface area (Å²) in [5.41, 5.74) is 1.32. The lowest BCUT2D eigenvalue weighted by molar-refractivity contribution is -0.386. The second-order valence-corrected chi connectivity index (χ2v) is 12.0. The Kier molecular flexibility index (Phi) is 8.58. The monoisotopic (exact) mass is 716 g/mol. The van der Waals surface area contributed by atoms with Crippen LogP contribution in [-0.4, -0.2) is 20.8 Å². The molecule has 1 fully saturated rings. The minimum absolute atomic E-state index is 0.0581. The van der Waals surface area contributed by atoms with Crippen LogP contribution in [0.15, 0.2) is 77.9 Å². The lowest BCUT2D eigenvalue weighted by atomic mass is 9.88. The summed E-state index contributed by atoms with van der Waals surface area (Å²) in [7, 11) is 0. The topological polar surface area (TPSA) is 99.6 Å². The fourth-order valence-corrected chi connectivity index (χ4v) is 6.40. The molecule has 0 radical (unpaired) electrons. The van der Waals surface area contributed by atoms with E-state index in [2.05, 4.69) is 52.9 Å². The summed E-state index contributed by atoms with van der Waals surface area (Å²) in [6.07, 6.45) is 6.59. The van der Waals surface area contributed by atoms with Gasteiger partial charge in [-0.05, 0) is 43.2 Å². The number of rotatable bonds is 7. The van der Waals surface area contributed by atoms with Gasteiger partial charge in [0, 0.05) is 36.5 Å². The van der Waals surface area contributed by atoms with E-state index in [4.69, 9.17) is 9.72 Å². The molecule has 0 unspecified atom stereocenters. The van der Waals surface area contributed by atoms with Gasteiger partial charge in [-0.15, -0.1) is 0 Å². The predicted molar refractivity (Wildman–Crippen MR) is 162 cm³/mol. The molecule has 0 spiro atoms. The van der Waals surface area contributed by atoms with E-state index < -0.39 is 4.92 Å². The third-order valence-electron chi connectivity index (χ3n) is 6.71. The zero-order chi connectivity index (χ0) is 27.5. The lowest BCUT2D eigenvalue weighted by Crippen LogP contribution is -2.25. The number of nitro benzene ring substituents is 1. The Morgan fingerprint density at radius 2 is 1.82 bits per heavy atom. The van der Waals surface area contributed by atoms with Crippen molar-refractivity contribution in [2.75, 3.05) is 0 Å². The minimum atomic E-state index is -0.495. The number of nitro groups is 1. The van der Waals surface area contributed by atoms with Crippen LogP contribution in [0.2, 0.25) is 0 Å². The maximum Gasteiger partial charge on any atom is 0.312 e. The van der Waals surface area contributed by atoms with E-state index in [0.29, 0.717) is 26.8 Å². The fourth-order valence-electron chi connectivity index (χ4n) is 4.77. The summed E-state index contributed by atoms with van der Waals surface area (Å²) in [6.45, 7) is 0.0853. The number of fused-ring (bicyclic) bond motifs is 1. The molecule has 0 saturated heterocycles. The second-order valence-electron chi connectivity index (χ2n) is 9.31. The summed E-state index contributed by atoms with van der Waals surface area (Å²) in [4.78, 5) is 29.9. The molecular weight excluding hydrogens is 696 g/mol. The Balaban J connectivity index is 1.60. The highest BCUT2D eigenvalue weighted by Gasteiger charge is 2.24. The SMILES string of the molecule is O=c1c2ccccc2nc(C2CCCCC2)n1N=Cc1cc(Br)cc([N+](=O)[O-])c1OCc1ccc(Br)cc1Br. The molecule has 8 nitrogen and oxygen atoms in total. The quantitative estimate of drug-likeness (QED) is 0.109. The van der Waals surface area contributed by atoms with Crippen molar-refractivity contribution in [3.8, 4) is 5.75 Å². The van der Waals surface area contributed by atoms with Crippen LogP contribution in [0.1, 0.15) is 55.0 Å². The van der Waals surface area contributed by atoms with E-state index in [0.717, 1.165) is 46.6 Å². The van der Waals surface area contributed by atoms with Crippen molar-refractivity contribution >= 4 is 70.6 Å². The average molecular weight is 719 g/mol. The number of halogens is 3. The summed E-state index contributed by atoms with van der Waals surface area (Å²) in [5.74, 6) is 0.777. The molecule has 1 aliphatic rings. The van der Waals surface area contributed by atoms with E-state index >= 15 is 0 Å². The van der Waals surface area contributed by atoms with Crippen molar-refractivity contribution in [2.45, 2.75) is 44.6 Å². The van der Waals surface area contributed by atoms with Crippen LogP contribution >= 0.6 is 47.8 Å². The summed E-state index contributed by atoms with van der Waals surface area (Å²) < 4.78 is 9.56. The molecule has 11 heteroatoms. The molecule has 3 aromatic carbocycles.